The lowest BCUT2D eigenvalue weighted by molar-refractivity contribution is 0.0939. The van der Waals surface area contributed by atoms with Crippen molar-refractivity contribution in [1.82, 2.24) is 24.9 Å². The summed E-state index contributed by atoms with van der Waals surface area (Å²) >= 11 is 0. The maximum absolute atomic E-state index is 12.9. The van der Waals surface area contributed by atoms with Gasteiger partial charge in [-0.15, -0.1) is 10.2 Å². The van der Waals surface area contributed by atoms with Crippen LogP contribution in [-0.2, 0) is 0 Å². The highest BCUT2D eigenvalue weighted by Crippen LogP contribution is 2.19. The van der Waals surface area contributed by atoms with E-state index in [9.17, 15) is 4.79 Å². The summed E-state index contributed by atoms with van der Waals surface area (Å²) in [7, 11) is 0. The second-order valence-corrected chi connectivity index (χ2v) is 6.01. The molecule has 0 saturated carbocycles. The molecule has 0 bridgehead atoms. The molecular weight excluding hydrogens is 314 g/mol. The van der Waals surface area contributed by atoms with Crippen molar-refractivity contribution in [3.8, 4) is 0 Å². The fourth-order valence-corrected chi connectivity index (χ4v) is 2.99. The summed E-state index contributed by atoms with van der Waals surface area (Å²) in [6.45, 7) is 3.79. The van der Waals surface area contributed by atoms with Gasteiger partial charge in [0.1, 0.15) is 0 Å². The molecule has 0 aliphatic heterocycles. The Morgan fingerprint density at radius 2 is 1.92 bits per heavy atom. The van der Waals surface area contributed by atoms with Gasteiger partial charge in [0.2, 0.25) is 0 Å². The van der Waals surface area contributed by atoms with E-state index in [-0.39, 0.29) is 11.9 Å². The number of aromatic nitrogens is 4. The van der Waals surface area contributed by atoms with Crippen molar-refractivity contribution in [3.63, 3.8) is 0 Å². The summed E-state index contributed by atoms with van der Waals surface area (Å²) in [6.07, 6.45) is 1.89. The van der Waals surface area contributed by atoms with Crippen LogP contribution in [0.3, 0.4) is 0 Å². The molecule has 0 radical (unpaired) electrons. The summed E-state index contributed by atoms with van der Waals surface area (Å²) in [6, 6.07) is 14.9. The second kappa shape index (κ2) is 5.98. The molecule has 0 saturated heterocycles. The maximum atomic E-state index is 12.9. The number of nitrogens with one attached hydrogen (secondary N) is 1. The highest BCUT2D eigenvalue weighted by molar-refractivity contribution is 6.06. The average Bonchev–Trinajstić information content (AvgIpc) is 3.05. The Balaban J connectivity index is 1.68. The molecule has 124 valence electrons. The van der Waals surface area contributed by atoms with E-state index in [1.807, 2.05) is 73.0 Å². The molecule has 1 atom stereocenters. The maximum Gasteiger partial charge on any atom is 0.252 e. The zero-order valence-electron chi connectivity index (χ0n) is 14.0. The van der Waals surface area contributed by atoms with E-state index >= 15 is 0 Å². The number of carbonyl (C=O) groups excluding carboxylic acids is 1. The number of aryl methyl sites for hydroxylation is 1. The fourth-order valence-electron chi connectivity index (χ4n) is 2.99. The number of fused-ring (bicyclic) bond motifs is 2. The van der Waals surface area contributed by atoms with Crippen LogP contribution in [0.1, 0.15) is 34.8 Å². The van der Waals surface area contributed by atoms with Crippen molar-refractivity contribution in [1.29, 1.82) is 0 Å². The van der Waals surface area contributed by atoms with Crippen LogP contribution in [0.25, 0.3) is 16.6 Å². The van der Waals surface area contributed by atoms with Gasteiger partial charge in [0.05, 0.1) is 17.1 Å². The number of hydrogen-bond donors (Lipinski definition) is 1. The molecule has 1 aromatic carbocycles. The average molecular weight is 331 g/mol. The molecule has 3 aromatic heterocycles. The van der Waals surface area contributed by atoms with Gasteiger partial charge in [0.25, 0.3) is 5.91 Å². The smallest absolute Gasteiger partial charge is 0.252 e. The zero-order valence-corrected chi connectivity index (χ0v) is 14.0. The van der Waals surface area contributed by atoms with Gasteiger partial charge in [-0.05, 0) is 38.1 Å². The van der Waals surface area contributed by atoms with E-state index in [1.54, 1.807) is 0 Å². The van der Waals surface area contributed by atoms with Crippen LogP contribution in [0.2, 0.25) is 0 Å². The first kappa shape index (κ1) is 15.3. The van der Waals surface area contributed by atoms with Gasteiger partial charge in [0.15, 0.2) is 11.5 Å². The van der Waals surface area contributed by atoms with Crippen LogP contribution in [0.5, 0.6) is 0 Å². The molecule has 25 heavy (non-hydrogen) atoms. The third-order valence-electron chi connectivity index (χ3n) is 4.16. The fraction of sp³-hybridized carbons (Fsp3) is 0.158. The van der Waals surface area contributed by atoms with Crippen LogP contribution in [0.4, 0.5) is 0 Å². The highest BCUT2D eigenvalue weighted by Gasteiger charge is 2.18. The molecule has 1 amide bonds. The van der Waals surface area contributed by atoms with Crippen LogP contribution in [-0.4, -0.2) is 25.5 Å². The molecular formula is C19H17N5O. The van der Waals surface area contributed by atoms with E-state index in [0.29, 0.717) is 11.4 Å². The van der Waals surface area contributed by atoms with Gasteiger partial charge in [-0.25, -0.2) is 0 Å². The molecule has 0 fully saturated rings. The van der Waals surface area contributed by atoms with Crippen molar-refractivity contribution in [2.24, 2.45) is 0 Å². The number of benzene rings is 1. The third-order valence-corrected chi connectivity index (χ3v) is 4.16. The van der Waals surface area contributed by atoms with Gasteiger partial charge in [-0.1, -0.05) is 24.3 Å². The van der Waals surface area contributed by atoms with Crippen LogP contribution < -0.4 is 5.32 Å². The molecule has 4 rings (SSSR count). The molecule has 3 heterocycles. The van der Waals surface area contributed by atoms with Crippen LogP contribution in [0, 0.1) is 6.92 Å². The van der Waals surface area contributed by atoms with E-state index in [2.05, 4.69) is 20.5 Å². The van der Waals surface area contributed by atoms with Crippen LogP contribution >= 0.6 is 0 Å². The number of amides is 1. The largest absolute Gasteiger partial charge is 0.342 e. The molecule has 6 nitrogen and oxygen atoms in total. The van der Waals surface area contributed by atoms with Crippen molar-refractivity contribution in [2.45, 2.75) is 19.9 Å². The highest BCUT2D eigenvalue weighted by atomic mass is 16.1. The normalized spacial score (nSPS) is 12.4. The van der Waals surface area contributed by atoms with Crippen molar-refractivity contribution >= 4 is 22.5 Å². The van der Waals surface area contributed by atoms with E-state index in [0.717, 1.165) is 22.2 Å². The van der Waals surface area contributed by atoms with Gasteiger partial charge in [-0.3, -0.25) is 14.2 Å². The predicted molar refractivity (Wildman–Crippen MR) is 95.3 cm³/mol. The number of carbonyl (C=O) groups is 1. The Kier molecular flexibility index (Phi) is 3.65. The van der Waals surface area contributed by atoms with Gasteiger partial charge in [0, 0.05) is 17.3 Å². The predicted octanol–water partition coefficient (Wildman–Crippen LogP) is 3.08. The van der Waals surface area contributed by atoms with Gasteiger partial charge in [-0.2, -0.15) is 0 Å². The Hall–Kier alpha value is -3.28. The summed E-state index contributed by atoms with van der Waals surface area (Å²) in [5, 5.41) is 12.2. The summed E-state index contributed by atoms with van der Waals surface area (Å²) in [5.41, 5.74) is 2.99. The second-order valence-electron chi connectivity index (χ2n) is 6.01. The Morgan fingerprint density at radius 1 is 1.12 bits per heavy atom. The van der Waals surface area contributed by atoms with E-state index in [4.69, 9.17) is 0 Å². The SMILES string of the molecule is Cc1cc(C(=O)NC(C)c2nnc3ccccn23)c2ccccc2n1. The third kappa shape index (κ3) is 2.71. The molecule has 0 spiro atoms. The minimum absolute atomic E-state index is 0.151. The van der Waals surface area contributed by atoms with Crippen LogP contribution in [0.15, 0.2) is 54.7 Å². The number of para-hydroxylation sites is 1. The van der Waals surface area contributed by atoms with Crippen molar-refractivity contribution < 1.29 is 4.79 Å². The molecule has 6 heteroatoms. The zero-order chi connectivity index (χ0) is 17.4. The number of hydrogen-bond acceptors (Lipinski definition) is 4. The van der Waals surface area contributed by atoms with Gasteiger partial charge < -0.3 is 5.32 Å². The topological polar surface area (TPSA) is 72.2 Å². The quantitative estimate of drug-likeness (QED) is 0.626. The minimum atomic E-state index is -0.280. The number of pyridine rings is 2. The van der Waals surface area contributed by atoms with Gasteiger partial charge >= 0.3 is 0 Å². The first-order valence-corrected chi connectivity index (χ1v) is 8.10. The molecule has 1 unspecified atom stereocenters. The standard InChI is InChI=1S/C19H17N5O/c1-12-11-15(14-7-3-4-8-16(14)20-12)19(25)21-13(2)18-23-22-17-9-5-6-10-24(17)18/h3-11,13H,1-2H3,(H,21,25). The first-order chi connectivity index (χ1) is 12.1. The molecule has 4 aromatic rings. The molecule has 0 aliphatic rings. The molecule has 1 N–H and O–H groups in total. The summed E-state index contributed by atoms with van der Waals surface area (Å²) < 4.78 is 1.88. The lowest BCUT2D eigenvalue weighted by Crippen LogP contribution is -2.28. The Bertz CT molecular complexity index is 1090. The Labute approximate surface area is 144 Å². The molecule has 0 aliphatic carbocycles. The number of rotatable bonds is 3. The lowest BCUT2D eigenvalue weighted by Gasteiger charge is -2.14. The van der Waals surface area contributed by atoms with Crippen molar-refractivity contribution in [2.75, 3.05) is 0 Å². The monoisotopic (exact) mass is 331 g/mol. The summed E-state index contributed by atoms with van der Waals surface area (Å²) in [5.74, 6) is 0.543. The minimum Gasteiger partial charge on any atom is -0.342 e. The van der Waals surface area contributed by atoms with E-state index in [1.165, 1.54) is 0 Å². The first-order valence-electron chi connectivity index (χ1n) is 8.10. The Morgan fingerprint density at radius 3 is 2.80 bits per heavy atom. The van der Waals surface area contributed by atoms with E-state index < -0.39 is 0 Å². The van der Waals surface area contributed by atoms with Crippen molar-refractivity contribution in [3.05, 3.63) is 71.8 Å². The lowest BCUT2D eigenvalue weighted by atomic mass is 10.1. The summed E-state index contributed by atoms with van der Waals surface area (Å²) in [4.78, 5) is 17.3. The number of nitrogens with zero attached hydrogens (tertiary/aromatic N) is 4.